The minimum absolute atomic E-state index is 0.0896. The van der Waals surface area contributed by atoms with Crippen LogP contribution in [0.4, 0.5) is 0 Å². The van der Waals surface area contributed by atoms with Crippen LogP contribution in [0.1, 0.15) is 54.7 Å². The average molecular weight is 387 g/mol. The summed E-state index contributed by atoms with van der Waals surface area (Å²) in [5.41, 5.74) is 4.32. The quantitative estimate of drug-likeness (QED) is 0.708. The van der Waals surface area contributed by atoms with Gasteiger partial charge >= 0.3 is 0 Å². The Bertz CT molecular complexity index is 1050. The van der Waals surface area contributed by atoms with Gasteiger partial charge in [-0.2, -0.15) is 5.26 Å². The highest BCUT2D eigenvalue weighted by Crippen LogP contribution is 2.28. The average Bonchev–Trinajstić information content (AvgIpc) is 3.16. The molecule has 2 atom stereocenters. The first-order valence-electron chi connectivity index (χ1n) is 10.2. The highest BCUT2D eigenvalue weighted by atomic mass is 16.2. The summed E-state index contributed by atoms with van der Waals surface area (Å²) in [6, 6.07) is 10.4. The van der Waals surface area contributed by atoms with E-state index in [-0.39, 0.29) is 11.9 Å². The van der Waals surface area contributed by atoms with Crippen molar-refractivity contribution in [2.24, 2.45) is 5.92 Å². The van der Waals surface area contributed by atoms with Crippen LogP contribution in [-0.2, 0) is 0 Å². The molecule has 6 heteroatoms. The highest BCUT2D eigenvalue weighted by Gasteiger charge is 2.24. The zero-order valence-corrected chi connectivity index (χ0v) is 16.6. The van der Waals surface area contributed by atoms with Crippen molar-refractivity contribution < 1.29 is 4.79 Å². The molecule has 1 unspecified atom stereocenters. The van der Waals surface area contributed by atoms with E-state index in [1.165, 1.54) is 0 Å². The molecule has 0 spiro atoms. The number of nitrogens with zero attached hydrogens (tertiary/aromatic N) is 4. The standard InChI is InChI=1S/C23H25N5O/c1-16-7-8-19(14-25-16)18-9-11-28-21(15-26-22(28)13-18)23(29)27-20-6-2-4-17(12-20)5-3-10-24/h7-9,11,13-15,17,20H,2-6,12H2,1H3,(H,27,29)/t17?,20-/m1/s1. The first-order chi connectivity index (χ1) is 14.1. The second-order valence-electron chi connectivity index (χ2n) is 7.88. The van der Waals surface area contributed by atoms with Crippen molar-refractivity contribution in [2.45, 2.75) is 51.5 Å². The number of aryl methyl sites for hydroxylation is 1. The van der Waals surface area contributed by atoms with Gasteiger partial charge in [-0.05, 0) is 55.9 Å². The smallest absolute Gasteiger partial charge is 0.270 e. The summed E-state index contributed by atoms with van der Waals surface area (Å²) >= 11 is 0. The molecule has 1 aliphatic rings. The molecule has 0 aliphatic heterocycles. The van der Waals surface area contributed by atoms with Gasteiger partial charge in [0.15, 0.2) is 0 Å². The third-order valence-electron chi connectivity index (χ3n) is 5.77. The van der Waals surface area contributed by atoms with Crippen LogP contribution in [0.3, 0.4) is 0 Å². The molecule has 1 aliphatic carbocycles. The van der Waals surface area contributed by atoms with E-state index in [2.05, 4.69) is 21.4 Å². The first kappa shape index (κ1) is 19.1. The summed E-state index contributed by atoms with van der Waals surface area (Å²) in [6.07, 6.45) is 11.1. The fourth-order valence-corrected chi connectivity index (χ4v) is 4.18. The van der Waals surface area contributed by atoms with E-state index in [1.54, 1.807) is 6.20 Å². The van der Waals surface area contributed by atoms with E-state index in [0.717, 1.165) is 54.6 Å². The van der Waals surface area contributed by atoms with Crippen molar-refractivity contribution in [3.05, 3.63) is 54.2 Å². The monoisotopic (exact) mass is 387 g/mol. The van der Waals surface area contributed by atoms with E-state index in [1.807, 2.05) is 48.0 Å². The lowest BCUT2D eigenvalue weighted by atomic mass is 9.83. The molecule has 1 fully saturated rings. The number of imidazole rings is 1. The van der Waals surface area contributed by atoms with E-state index in [0.29, 0.717) is 18.0 Å². The molecule has 1 amide bonds. The van der Waals surface area contributed by atoms with Gasteiger partial charge in [0.25, 0.3) is 5.91 Å². The van der Waals surface area contributed by atoms with Crippen LogP contribution < -0.4 is 5.32 Å². The Kier molecular flexibility index (Phi) is 5.57. The van der Waals surface area contributed by atoms with Crippen molar-refractivity contribution in [3.63, 3.8) is 0 Å². The fourth-order valence-electron chi connectivity index (χ4n) is 4.18. The van der Waals surface area contributed by atoms with Crippen LogP contribution in [0.15, 0.2) is 42.9 Å². The number of amides is 1. The first-order valence-corrected chi connectivity index (χ1v) is 10.2. The Morgan fingerprint density at radius 3 is 2.93 bits per heavy atom. The summed E-state index contributed by atoms with van der Waals surface area (Å²) in [4.78, 5) is 21.7. The maximum Gasteiger partial charge on any atom is 0.270 e. The van der Waals surface area contributed by atoms with Gasteiger partial charge in [0.05, 0.1) is 12.3 Å². The summed E-state index contributed by atoms with van der Waals surface area (Å²) < 4.78 is 1.83. The second-order valence-corrected chi connectivity index (χ2v) is 7.88. The molecule has 0 aromatic carbocycles. The molecule has 0 radical (unpaired) electrons. The topological polar surface area (TPSA) is 83.1 Å². The number of hydrogen-bond donors (Lipinski definition) is 1. The molecule has 0 bridgehead atoms. The Labute approximate surface area is 170 Å². The molecule has 4 rings (SSSR count). The Morgan fingerprint density at radius 2 is 2.14 bits per heavy atom. The van der Waals surface area contributed by atoms with E-state index in [9.17, 15) is 4.79 Å². The van der Waals surface area contributed by atoms with Gasteiger partial charge in [-0.3, -0.25) is 14.2 Å². The number of nitriles is 1. The minimum atomic E-state index is -0.0896. The summed E-state index contributed by atoms with van der Waals surface area (Å²) in [5, 5.41) is 12.0. The number of nitrogens with one attached hydrogen (secondary N) is 1. The van der Waals surface area contributed by atoms with Gasteiger partial charge in [0.2, 0.25) is 0 Å². The third-order valence-corrected chi connectivity index (χ3v) is 5.77. The van der Waals surface area contributed by atoms with Crippen LogP contribution >= 0.6 is 0 Å². The number of hydrogen-bond acceptors (Lipinski definition) is 4. The molecule has 1 saturated carbocycles. The molecule has 148 valence electrons. The Hall–Kier alpha value is -3.20. The maximum atomic E-state index is 12.9. The van der Waals surface area contributed by atoms with Gasteiger partial charge in [0, 0.05) is 36.1 Å². The van der Waals surface area contributed by atoms with E-state index in [4.69, 9.17) is 5.26 Å². The van der Waals surface area contributed by atoms with Crippen LogP contribution in [0, 0.1) is 24.2 Å². The number of carbonyl (C=O) groups excluding carboxylic acids is 1. The summed E-state index contributed by atoms with van der Waals surface area (Å²) in [7, 11) is 0. The SMILES string of the molecule is Cc1ccc(-c2ccn3c(C(=O)N[C@@H]4CCCC(CCC#N)C4)cnc3c2)cn1. The lowest BCUT2D eigenvalue weighted by Crippen LogP contribution is -2.38. The number of aromatic nitrogens is 3. The van der Waals surface area contributed by atoms with Crippen molar-refractivity contribution in [2.75, 3.05) is 0 Å². The molecule has 1 N–H and O–H groups in total. The van der Waals surface area contributed by atoms with Crippen LogP contribution in [0.5, 0.6) is 0 Å². The third kappa shape index (κ3) is 4.29. The number of rotatable bonds is 5. The molecule has 3 aromatic heterocycles. The number of pyridine rings is 2. The molecule has 3 aromatic rings. The molecule has 29 heavy (non-hydrogen) atoms. The maximum absolute atomic E-state index is 12.9. The molecule has 3 heterocycles. The predicted octanol–water partition coefficient (Wildman–Crippen LogP) is 4.30. The summed E-state index contributed by atoms with van der Waals surface area (Å²) in [6.45, 7) is 1.96. The van der Waals surface area contributed by atoms with Gasteiger partial charge in [-0.25, -0.2) is 4.98 Å². The minimum Gasteiger partial charge on any atom is -0.348 e. The molecular formula is C23H25N5O. The zero-order chi connectivity index (χ0) is 20.2. The summed E-state index contributed by atoms with van der Waals surface area (Å²) in [5.74, 6) is 0.440. The van der Waals surface area contributed by atoms with Gasteiger partial charge < -0.3 is 5.32 Å². The van der Waals surface area contributed by atoms with Crippen molar-refractivity contribution >= 4 is 11.6 Å². The van der Waals surface area contributed by atoms with Crippen molar-refractivity contribution in [3.8, 4) is 17.2 Å². The van der Waals surface area contributed by atoms with Crippen molar-refractivity contribution in [1.82, 2.24) is 19.7 Å². The second kappa shape index (κ2) is 8.44. The fraction of sp³-hybridized carbons (Fsp3) is 0.391. The Morgan fingerprint density at radius 1 is 1.24 bits per heavy atom. The van der Waals surface area contributed by atoms with Gasteiger partial charge in [-0.1, -0.05) is 18.9 Å². The van der Waals surface area contributed by atoms with E-state index >= 15 is 0 Å². The predicted molar refractivity (Wildman–Crippen MR) is 111 cm³/mol. The number of fused-ring (bicyclic) bond motifs is 1. The lowest BCUT2D eigenvalue weighted by molar-refractivity contribution is 0.0913. The zero-order valence-electron chi connectivity index (χ0n) is 16.6. The number of carbonyl (C=O) groups is 1. The van der Waals surface area contributed by atoms with Crippen molar-refractivity contribution in [1.29, 1.82) is 5.26 Å². The van der Waals surface area contributed by atoms with E-state index < -0.39 is 0 Å². The van der Waals surface area contributed by atoms with Crippen LogP contribution in [-0.4, -0.2) is 26.3 Å². The highest BCUT2D eigenvalue weighted by molar-refractivity contribution is 5.93. The van der Waals surface area contributed by atoms with Crippen LogP contribution in [0.25, 0.3) is 16.8 Å². The normalized spacial score (nSPS) is 19.0. The van der Waals surface area contributed by atoms with Gasteiger partial charge in [0.1, 0.15) is 11.3 Å². The van der Waals surface area contributed by atoms with Gasteiger partial charge in [-0.15, -0.1) is 0 Å². The molecule has 6 nitrogen and oxygen atoms in total. The largest absolute Gasteiger partial charge is 0.348 e. The van der Waals surface area contributed by atoms with Crippen LogP contribution in [0.2, 0.25) is 0 Å². The lowest BCUT2D eigenvalue weighted by Gasteiger charge is -2.29. The molecular weight excluding hydrogens is 362 g/mol. The molecule has 0 saturated heterocycles. The Balaban J connectivity index is 1.48.